The van der Waals surface area contributed by atoms with Gasteiger partial charge in [0.15, 0.2) is 17.7 Å². The van der Waals surface area contributed by atoms with Gasteiger partial charge in [-0.05, 0) is 60.8 Å². The van der Waals surface area contributed by atoms with Crippen LogP contribution in [0.4, 0.5) is 5.69 Å². The number of pyridine rings is 1. The predicted octanol–water partition coefficient (Wildman–Crippen LogP) is 11.8. The zero-order valence-electron chi connectivity index (χ0n) is 36.8. The molecule has 4 aromatic rings. The molecule has 0 spiro atoms. The molecule has 1 aliphatic rings. The Bertz CT molecular complexity index is 1690. The highest BCUT2D eigenvalue weighted by Gasteiger charge is 2.13. The molecule has 0 radical (unpaired) electrons. The number of unbranched alkanes of at least 4 members (excludes halogenated alkanes) is 14. The summed E-state index contributed by atoms with van der Waals surface area (Å²) in [4.78, 5) is 4.87. The van der Waals surface area contributed by atoms with Crippen molar-refractivity contribution in [1.29, 1.82) is 0 Å². The highest BCUT2D eigenvalue weighted by atomic mass is 16.6. The van der Waals surface area contributed by atoms with E-state index in [2.05, 4.69) is 101 Å². The van der Waals surface area contributed by atoms with Crippen LogP contribution in [0, 0.1) is 0 Å². The fourth-order valence-corrected chi connectivity index (χ4v) is 8.00. The summed E-state index contributed by atoms with van der Waals surface area (Å²) in [5.74, 6) is 1.50. The van der Waals surface area contributed by atoms with Crippen molar-refractivity contribution in [3.05, 3.63) is 96.2 Å². The molecule has 1 aromatic heterocycles. The first-order valence-corrected chi connectivity index (χ1v) is 23.3. The Labute approximate surface area is 357 Å². The third kappa shape index (κ3) is 17.7. The van der Waals surface area contributed by atoms with Crippen molar-refractivity contribution in [3.8, 4) is 11.5 Å². The molecule has 0 N–H and O–H groups in total. The van der Waals surface area contributed by atoms with Gasteiger partial charge in [0.2, 0.25) is 5.52 Å². The maximum atomic E-state index is 5.93. The molecular formula is C52H76N3O4+. The summed E-state index contributed by atoms with van der Waals surface area (Å²) >= 11 is 0. The van der Waals surface area contributed by atoms with Gasteiger partial charge >= 0.3 is 0 Å². The summed E-state index contributed by atoms with van der Waals surface area (Å²) < 4.78 is 26.1. The summed E-state index contributed by atoms with van der Waals surface area (Å²) in [7, 11) is 2.23. The van der Waals surface area contributed by atoms with Gasteiger partial charge in [0.1, 0.15) is 19.8 Å². The average molecular weight is 807 g/mol. The Morgan fingerprint density at radius 2 is 1.15 bits per heavy atom. The van der Waals surface area contributed by atoms with Crippen molar-refractivity contribution in [2.24, 2.45) is 0 Å². The maximum Gasteiger partial charge on any atom is 0.213 e. The van der Waals surface area contributed by atoms with Gasteiger partial charge in [0.25, 0.3) is 0 Å². The Hall–Kier alpha value is -3.91. The van der Waals surface area contributed by atoms with E-state index in [-0.39, 0.29) is 0 Å². The molecule has 0 aliphatic carbocycles. The zero-order valence-corrected chi connectivity index (χ0v) is 36.8. The number of nitrogens with zero attached hydrogens (tertiary/aromatic N) is 3. The second kappa shape index (κ2) is 28.5. The standard InChI is InChI=1S/C52H76N3O4/c1-3-4-5-6-7-8-9-10-11-12-13-14-15-20-34-53(2)48-31-28-46(29-32-48)27-30-47-33-37-55(50-24-17-16-23-49(47)50)36-22-21-35-54-38-40-56-42-44-58-51-25-18-19-26-52(51)59-45-43-57-41-39-54/h16-19,23-33,37H,3-15,20-22,34-36,38-45H2,1-2H3/q+1. The van der Waals surface area contributed by atoms with E-state index < -0.39 is 0 Å². The van der Waals surface area contributed by atoms with E-state index in [1.807, 2.05) is 24.3 Å². The van der Waals surface area contributed by atoms with Gasteiger partial charge in [0, 0.05) is 50.9 Å². The second-order valence-corrected chi connectivity index (χ2v) is 16.3. The van der Waals surface area contributed by atoms with E-state index in [1.54, 1.807) is 0 Å². The molecule has 1 aliphatic heterocycles. The van der Waals surface area contributed by atoms with Crippen LogP contribution in [0.15, 0.2) is 85.1 Å². The maximum absolute atomic E-state index is 5.93. The normalized spacial score (nSPS) is 14.7. The van der Waals surface area contributed by atoms with Crippen molar-refractivity contribution < 1.29 is 23.5 Å². The Kier molecular flexibility index (Phi) is 22.3. The predicted molar refractivity (Wildman–Crippen MR) is 248 cm³/mol. The molecule has 0 saturated carbocycles. The molecule has 7 nitrogen and oxygen atoms in total. The molecule has 5 rings (SSSR count). The van der Waals surface area contributed by atoms with Gasteiger partial charge in [-0.3, -0.25) is 4.90 Å². The Morgan fingerprint density at radius 3 is 1.78 bits per heavy atom. The van der Waals surface area contributed by atoms with E-state index in [9.17, 15) is 0 Å². The first kappa shape index (κ1) is 46.2. The average Bonchev–Trinajstić information content (AvgIpc) is 3.27. The minimum absolute atomic E-state index is 0.501. The number of para-hydroxylation sites is 3. The van der Waals surface area contributed by atoms with Crippen molar-refractivity contribution in [2.45, 2.75) is 116 Å². The van der Waals surface area contributed by atoms with E-state index in [0.29, 0.717) is 39.6 Å². The lowest BCUT2D eigenvalue weighted by molar-refractivity contribution is -0.671. The highest BCUT2D eigenvalue weighted by molar-refractivity contribution is 5.88. The monoisotopic (exact) mass is 807 g/mol. The van der Waals surface area contributed by atoms with Crippen LogP contribution in [-0.4, -0.2) is 77.8 Å². The number of ether oxygens (including phenoxy) is 4. The lowest BCUT2D eigenvalue weighted by Crippen LogP contribution is -2.36. The van der Waals surface area contributed by atoms with Crippen LogP contribution in [0.25, 0.3) is 23.1 Å². The lowest BCUT2D eigenvalue weighted by atomic mass is 10.0. The number of aryl methyl sites for hydroxylation is 1. The summed E-state index contributed by atoms with van der Waals surface area (Å²) in [5, 5.41) is 1.28. The van der Waals surface area contributed by atoms with Crippen molar-refractivity contribution in [3.63, 3.8) is 0 Å². The lowest BCUT2D eigenvalue weighted by Gasteiger charge is -2.22. The fraction of sp³-hybridized carbons (Fsp3) is 0.558. The number of hydrogen-bond acceptors (Lipinski definition) is 6. The van der Waals surface area contributed by atoms with E-state index in [4.69, 9.17) is 18.9 Å². The van der Waals surface area contributed by atoms with Crippen LogP contribution in [0.1, 0.15) is 121 Å². The van der Waals surface area contributed by atoms with Crippen molar-refractivity contribution in [1.82, 2.24) is 4.90 Å². The molecule has 322 valence electrons. The molecule has 0 unspecified atom stereocenters. The second-order valence-electron chi connectivity index (χ2n) is 16.3. The van der Waals surface area contributed by atoms with Crippen LogP contribution < -0.4 is 18.9 Å². The number of benzene rings is 3. The molecule has 0 bridgehead atoms. The minimum Gasteiger partial charge on any atom is -0.487 e. The van der Waals surface area contributed by atoms with Gasteiger partial charge in [-0.15, -0.1) is 0 Å². The third-order valence-electron chi connectivity index (χ3n) is 11.6. The fourth-order valence-electron chi connectivity index (χ4n) is 8.00. The number of aromatic nitrogens is 1. The van der Waals surface area contributed by atoms with Crippen LogP contribution in [0.5, 0.6) is 11.5 Å². The molecule has 0 fully saturated rings. The summed E-state index contributed by atoms with van der Waals surface area (Å²) in [5.41, 5.74) is 5.05. The highest BCUT2D eigenvalue weighted by Crippen LogP contribution is 2.26. The SMILES string of the molecule is CCCCCCCCCCCCCCCCN(C)c1ccc(/C=C/c2cc[n+](CCCCN3CCOCCOc4ccccc4OCCOCC3)c3ccccc23)cc1. The molecule has 59 heavy (non-hydrogen) atoms. The number of hydrogen-bond donors (Lipinski definition) is 0. The van der Waals surface area contributed by atoms with Gasteiger partial charge < -0.3 is 23.8 Å². The first-order chi connectivity index (χ1) is 29.2. The zero-order chi connectivity index (χ0) is 41.0. The van der Waals surface area contributed by atoms with Gasteiger partial charge in [-0.25, -0.2) is 0 Å². The Balaban J connectivity index is 0.994. The van der Waals surface area contributed by atoms with Crippen LogP contribution in [0.3, 0.4) is 0 Å². The molecule has 0 amide bonds. The smallest absolute Gasteiger partial charge is 0.213 e. The van der Waals surface area contributed by atoms with E-state index in [1.165, 1.54) is 118 Å². The van der Waals surface area contributed by atoms with Gasteiger partial charge in [0.05, 0.1) is 31.8 Å². The van der Waals surface area contributed by atoms with Crippen molar-refractivity contribution >= 4 is 28.7 Å². The molecule has 7 heteroatoms. The minimum atomic E-state index is 0.501. The van der Waals surface area contributed by atoms with Gasteiger partial charge in [-0.1, -0.05) is 139 Å². The summed E-state index contributed by atoms with van der Waals surface area (Å²) in [6.07, 6.45) is 28.6. The molecule has 2 heterocycles. The quantitative estimate of drug-likeness (QED) is 0.0550. The van der Waals surface area contributed by atoms with E-state index in [0.717, 1.165) is 57.1 Å². The largest absolute Gasteiger partial charge is 0.487 e. The molecule has 0 saturated heterocycles. The number of fused-ring (bicyclic) bond motifs is 2. The molecular weight excluding hydrogens is 731 g/mol. The summed E-state index contributed by atoms with van der Waals surface area (Å²) in [6, 6.07) is 27.9. The molecule has 3 aromatic carbocycles. The van der Waals surface area contributed by atoms with Crippen molar-refractivity contribution in [2.75, 3.05) is 77.8 Å². The number of anilines is 1. The summed E-state index contributed by atoms with van der Waals surface area (Å²) in [6.45, 7) is 10.6. The van der Waals surface area contributed by atoms with Gasteiger partial charge in [-0.2, -0.15) is 4.57 Å². The third-order valence-corrected chi connectivity index (χ3v) is 11.6. The van der Waals surface area contributed by atoms with Crippen LogP contribution in [0.2, 0.25) is 0 Å². The first-order valence-electron chi connectivity index (χ1n) is 23.3. The topological polar surface area (TPSA) is 47.3 Å². The molecule has 0 atom stereocenters. The number of rotatable bonds is 23. The van der Waals surface area contributed by atoms with E-state index >= 15 is 0 Å². The van der Waals surface area contributed by atoms with Crippen LogP contribution in [-0.2, 0) is 16.0 Å². The van der Waals surface area contributed by atoms with Crippen LogP contribution >= 0.6 is 0 Å². The Morgan fingerprint density at radius 1 is 0.576 bits per heavy atom.